The van der Waals surface area contributed by atoms with E-state index in [1.807, 2.05) is 30.3 Å². The third kappa shape index (κ3) is 3.74. The summed E-state index contributed by atoms with van der Waals surface area (Å²) >= 11 is 0. The predicted octanol–water partition coefficient (Wildman–Crippen LogP) is 2.28. The van der Waals surface area contributed by atoms with Gasteiger partial charge >= 0.3 is 0 Å². The lowest BCUT2D eigenvalue weighted by Crippen LogP contribution is -2.26. The molecule has 0 saturated heterocycles. The first-order chi connectivity index (χ1) is 11.2. The van der Waals surface area contributed by atoms with Gasteiger partial charge in [-0.15, -0.1) is 0 Å². The minimum atomic E-state index is -0.116. The van der Waals surface area contributed by atoms with Gasteiger partial charge in [-0.25, -0.2) is 4.98 Å². The van der Waals surface area contributed by atoms with Gasteiger partial charge in [-0.1, -0.05) is 30.3 Å². The van der Waals surface area contributed by atoms with Crippen LogP contribution >= 0.6 is 0 Å². The number of Topliss-reactive ketones (excluding diaryl/α,β-unsaturated/α-hetero) is 1. The third-order valence-corrected chi connectivity index (χ3v) is 4.00. The van der Waals surface area contributed by atoms with Crippen molar-refractivity contribution in [2.75, 3.05) is 6.54 Å². The van der Waals surface area contributed by atoms with Gasteiger partial charge in [0.25, 0.3) is 0 Å². The van der Waals surface area contributed by atoms with E-state index in [9.17, 15) is 9.59 Å². The Kier molecular flexibility index (Phi) is 4.66. The normalized spacial score (nSPS) is 14.3. The average molecular weight is 309 g/mol. The zero-order valence-corrected chi connectivity index (χ0v) is 12.8. The van der Waals surface area contributed by atoms with Gasteiger partial charge in [0, 0.05) is 37.4 Å². The molecule has 5 nitrogen and oxygen atoms in total. The Labute approximate surface area is 134 Å². The highest BCUT2D eigenvalue weighted by molar-refractivity contribution is 6.10. The van der Waals surface area contributed by atoms with Crippen molar-refractivity contribution >= 4 is 17.3 Å². The van der Waals surface area contributed by atoms with E-state index in [1.54, 1.807) is 12.4 Å². The van der Waals surface area contributed by atoms with E-state index in [4.69, 9.17) is 0 Å². The Morgan fingerprint density at radius 1 is 1.22 bits per heavy atom. The number of carbonyl (C=O) groups is 2. The summed E-state index contributed by atoms with van der Waals surface area (Å²) < 4.78 is 0. The first kappa shape index (κ1) is 15.2. The molecule has 2 N–H and O–H groups in total. The fourth-order valence-electron chi connectivity index (χ4n) is 2.85. The van der Waals surface area contributed by atoms with Crippen LogP contribution in [0.2, 0.25) is 0 Å². The quantitative estimate of drug-likeness (QED) is 0.859. The van der Waals surface area contributed by atoms with Crippen LogP contribution in [0, 0.1) is 0 Å². The molecule has 0 atom stereocenters. The topological polar surface area (TPSA) is 74.8 Å². The summed E-state index contributed by atoms with van der Waals surface area (Å²) in [5.41, 5.74) is 2.71. The second-order valence-electron chi connectivity index (χ2n) is 5.56. The summed E-state index contributed by atoms with van der Waals surface area (Å²) in [6, 6.07) is 9.83. The Morgan fingerprint density at radius 2 is 2.04 bits per heavy atom. The molecule has 0 spiro atoms. The summed E-state index contributed by atoms with van der Waals surface area (Å²) in [5.74, 6) is 0.812. The fourth-order valence-corrected chi connectivity index (χ4v) is 2.85. The van der Waals surface area contributed by atoms with Gasteiger partial charge in [-0.3, -0.25) is 9.59 Å². The van der Waals surface area contributed by atoms with E-state index in [0.717, 1.165) is 23.4 Å². The highest BCUT2D eigenvalue weighted by atomic mass is 16.2. The van der Waals surface area contributed by atoms with Crippen LogP contribution in [-0.4, -0.2) is 28.2 Å². The number of benzene rings is 1. The molecule has 1 aliphatic rings. The Hall–Kier alpha value is -2.69. The molecule has 3 rings (SSSR count). The van der Waals surface area contributed by atoms with E-state index >= 15 is 0 Å². The highest BCUT2D eigenvalue weighted by Crippen LogP contribution is 2.33. The Balaban J connectivity index is 1.62. The number of carbonyl (C=O) groups excluding carboxylic acids is 2. The van der Waals surface area contributed by atoms with Gasteiger partial charge in [0.05, 0.1) is 6.42 Å². The highest BCUT2D eigenvalue weighted by Gasteiger charge is 2.25. The van der Waals surface area contributed by atoms with Crippen LogP contribution in [0.15, 0.2) is 48.3 Å². The van der Waals surface area contributed by atoms with Gasteiger partial charge in [0.1, 0.15) is 5.82 Å². The number of aromatic nitrogens is 2. The standard InChI is InChI=1S/C18H19N3O2/c22-16-7-6-14(13-4-2-1-3-5-13)15(16)12-18(23)21-9-8-17-19-10-11-20-17/h1-5,10-11H,6-9,12H2,(H,19,20)(H,21,23). The molecular weight excluding hydrogens is 290 g/mol. The maximum Gasteiger partial charge on any atom is 0.224 e. The van der Waals surface area contributed by atoms with E-state index in [-0.39, 0.29) is 18.1 Å². The molecule has 1 aromatic carbocycles. The summed E-state index contributed by atoms with van der Waals surface area (Å²) in [7, 11) is 0. The van der Waals surface area contributed by atoms with Crippen LogP contribution in [-0.2, 0) is 16.0 Å². The summed E-state index contributed by atoms with van der Waals surface area (Å²) in [6.07, 6.45) is 5.46. The number of allylic oxidation sites excluding steroid dienone is 1. The smallest absolute Gasteiger partial charge is 0.224 e. The lowest BCUT2D eigenvalue weighted by molar-refractivity contribution is -0.122. The monoisotopic (exact) mass is 309 g/mol. The van der Waals surface area contributed by atoms with Crippen molar-refractivity contribution in [3.05, 3.63) is 59.7 Å². The molecule has 118 valence electrons. The molecule has 2 aromatic rings. The van der Waals surface area contributed by atoms with Gasteiger partial charge < -0.3 is 10.3 Å². The van der Waals surface area contributed by atoms with Crippen LogP contribution in [0.25, 0.3) is 5.57 Å². The van der Waals surface area contributed by atoms with E-state index in [2.05, 4.69) is 15.3 Å². The number of imidazole rings is 1. The lowest BCUT2D eigenvalue weighted by atomic mass is 10.00. The summed E-state index contributed by atoms with van der Waals surface area (Å²) in [6.45, 7) is 0.508. The van der Waals surface area contributed by atoms with Gasteiger partial charge in [0.2, 0.25) is 5.91 Å². The van der Waals surface area contributed by atoms with Crippen LogP contribution < -0.4 is 5.32 Å². The molecule has 0 bridgehead atoms. The lowest BCUT2D eigenvalue weighted by Gasteiger charge is -2.08. The van der Waals surface area contributed by atoms with Crippen LogP contribution in [0.3, 0.4) is 0 Å². The number of rotatable bonds is 6. The minimum Gasteiger partial charge on any atom is -0.355 e. The first-order valence-corrected chi connectivity index (χ1v) is 7.79. The van der Waals surface area contributed by atoms with Crippen molar-refractivity contribution in [2.45, 2.75) is 25.7 Å². The second kappa shape index (κ2) is 7.05. The number of nitrogens with one attached hydrogen (secondary N) is 2. The van der Waals surface area contributed by atoms with Crippen molar-refractivity contribution < 1.29 is 9.59 Å². The van der Waals surface area contributed by atoms with Crippen molar-refractivity contribution in [1.82, 2.24) is 15.3 Å². The number of amides is 1. The maximum absolute atomic E-state index is 12.1. The number of hydrogen-bond acceptors (Lipinski definition) is 3. The maximum atomic E-state index is 12.1. The van der Waals surface area contributed by atoms with Crippen LogP contribution in [0.5, 0.6) is 0 Å². The number of hydrogen-bond donors (Lipinski definition) is 2. The van der Waals surface area contributed by atoms with E-state index < -0.39 is 0 Å². The molecule has 0 aliphatic heterocycles. The molecule has 0 saturated carbocycles. The van der Waals surface area contributed by atoms with Crippen molar-refractivity contribution in [1.29, 1.82) is 0 Å². The Morgan fingerprint density at radius 3 is 2.78 bits per heavy atom. The molecule has 0 unspecified atom stereocenters. The molecule has 0 radical (unpaired) electrons. The Bertz CT molecular complexity index is 718. The van der Waals surface area contributed by atoms with Crippen molar-refractivity contribution in [2.24, 2.45) is 0 Å². The first-order valence-electron chi connectivity index (χ1n) is 7.79. The molecular formula is C18H19N3O2. The van der Waals surface area contributed by atoms with Crippen LogP contribution in [0.4, 0.5) is 0 Å². The largest absolute Gasteiger partial charge is 0.355 e. The molecule has 1 heterocycles. The summed E-state index contributed by atoms with van der Waals surface area (Å²) in [5, 5.41) is 2.86. The van der Waals surface area contributed by atoms with E-state index in [0.29, 0.717) is 25.0 Å². The zero-order valence-electron chi connectivity index (χ0n) is 12.8. The molecule has 1 aliphatic carbocycles. The summed E-state index contributed by atoms with van der Waals surface area (Å²) in [4.78, 5) is 31.3. The zero-order chi connectivity index (χ0) is 16.1. The van der Waals surface area contributed by atoms with Gasteiger partial charge in [-0.05, 0) is 17.6 Å². The van der Waals surface area contributed by atoms with Crippen molar-refractivity contribution in [3.63, 3.8) is 0 Å². The number of nitrogens with zero attached hydrogens (tertiary/aromatic N) is 1. The predicted molar refractivity (Wildman–Crippen MR) is 87.5 cm³/mol. The van der Waals surface area contributed by atoms with Gasteiger partial charge in [-0.2, -0.15) is 0 Å². The van der Waals surface area contributed by atoms with Gasteiger partial charge in [0.15, 0.2) is 5.78 Å². The number of H-pyrrole nitrogens is 1. The van der Waals surface area contributed by atoms with E-state index in [1.165, 1.54) is 0 Å². The molecule has 0 fully saturated rings. The minimum absolute atomic E-state index is 0.0880. The second-order valence-corrected chi connectivity index (χ2v) is 5.56. The van der Waals surface area contributed by atoms with Crippen molar-refractivity contribution in [3.8, 4) is 0 Å². The SMILES string of the molecule is O=C(CC1=C(c2ccccc2)CCC1=O)NCCc1ncc[nH]1. The molecule has 1 aromatic heterocycles. The molecule has 23 heavy (non-hydrogen) atoms. The average Bonchev–Trinajstić information content (AvgIpc) is 3.19. The fraction of sp³-hybridized carbons (Fsp3) is 0.278. The number of aromatic amines is 1. The van der Waals surface area contributed by atoms with Crippen LogP contribution in [0.1, 0.15) is 30.7 Å². The molecule has 1 amide bonds. The molecule has 5 heteroatoms. The number of ketones is 1. The third-order valence-electron chi connectivity index (χ3n) is 4.00.